The number of carbonyl (C=O) groups is 1. The van der Waals surface area contributed by atoms with Crippen molar-refractivity contribution in [3.05, 3.63) is 72.4 Å². The van der Waals surface area contributed by atoms with Crippen LogP contribution in [-0.4, -0.2) is 23.5 Å². The van der Waals surface area contributed by atoms with E-state index >= 15 is 0 Å². The SMILES string of the molecule is C/C(=C\C(=O)O)c1cc2ccccc2n1S(=O)(=O)c1ccccc1. The van der Waals surface area contributed by atoms with Gasteiger partial charge in [-0.3, -0.25) is 0 Å². The smallest absolute Gasteiger partial charge is 0.328 e. The number of carboxylic acids is 1. The Morgan fingerprint density at radius 1 is 1.04 bits per heavy atom. The van der Waals surface area contributed by atoms with Gasteiger partial charge >= 0.3 is 5.97 Å². The number of para-hydroxylation sites is 1. The summed E-state index contributed by atoms with van der Waals surface area (Å²) in [6.45, 7) is 1.58. The third-order valence-corrected chi connectivity index (χ3v) is 5.43. The Hall–Kier alpha value is -2.86. The van der Waals surface area contributed by atoms with E-state index in [0.717, 1.165) is 11.5 Å². The zero-order valence-electron chi connectivity index (χ0n) is 12.9. The molecule has 3 rings (SSSR count). The van der Waals surface area contributed by atoms with Crippen molar-refractivity contribution < 1.29 is 18.3 Å². The first-order valence-electron chi connectivity index (χ1n) is 7.24. The van der Waals surface area contributed by atoms with Crippen LogP contribution in [0.25, 0.3) is 16.5 Å². The summed E-state index contributed by atoms with van der Waals surface area (Å²) in [6, 6.07) is 16.8. The van der Waals surface area contributed by atoms with Crippen molar-refractivity contribution in [1.29, 1.82) is 0 Å². The molecular weight excluding hydrogens is 326 g/mol. The van der Waals surface area contributed by atoms with Crippen LogP contribution >= 0.6 is 0 Å². The van der Waals surface area contributed by atoms with Gasteiger partial charge in [-0.25, -0.2) is 17.2 Å². The Balaban J connectivity index is 2.36. The molecule has 0 spiro atoms. The van der Waals surface area contributed by atoms with Crippen LogP contribution in [0.15, 0.2) is 71.6 Å². The van der Waals surface area contributed by atoms with E-state index < -0.39 is 16.0 Å². The Morgan fingerprint density at radius 2 is 1.67 bits per heavy atom. The highest BCUT2D eigenvalue weighted by Crippen LogP contribution is 2.29. The number of hydrogen-bond donors (Lipinski definition) is 1. The molecule has 6 heteroatoms. The Labute approximate surface area is 139 Å². The van der Waals surface area contributed by atoms with E-state index in [1.54, 1.807) is 49.4 Å². The van der Waals surface area contributed by atoms with Crippen molar-refractivity contribution in [2.45, 2.75) is 11.8 Å². The van der Waals surface area contributed by atoms with Crippen LogP contribution in [-0.2, 0) is 14.8 Å². The molecule has 0 bridgehead atoms. The van der Waals surface area contributed by atoms with Crippen LogP contribution < -0.4 is 0 Å². The van der Waals surface area contributed by atoms with Crippen LogP contribution in [0.4, 0.5) is 0 Å². The van der Waals surface area contributed by atoms with E-state index in [-0.39, 0.29) is 4.90 Å². The second-order valence-corrected chi connectivity index (χ2v) is 7.12. The highest BCUT2D eigenvalue weighted by atomic mass is 32.2. The molecule has 1 aromatic heterocycles. The van der Waals surface area contributed by atoms with Crippen molar-refractivity contribution in [1.82, 2.24) is 3.97 Å². The predicted octanol–water partition coefficient (Wildman–Crippen LogP) is 3.37. The molecule has 0 aliphatic heterocycles. The van der Waals surface area contributed by atoms with Gasteiger partial charge in [-0.15, -0.1) is 0 Å². The standard InChI is InChI=1S/C18H15NO4S/c1-13(11-18(20)21)17-12-14-7-5-6-10-16(14)19(17)24(22,23)15-8-3-2-4-9-15/h2-12H,1H3,(H,20,21)/b13-11+. The fourth-order valence-electron chi connectivity index (χ4n) is 2.62. The number of benzene rings is 2. The van der Waals surface area contributed by atoms with Crippen LogP contribution in [0.5, 0.6) is 0 Å². The van der Waals surface area contributed by atoms with Gasteiger partial charge in [0.25, 0.3) is 10.0 Å². The molecule has 24 heavy (non-hydrogen) atoms. The lowest BCUT2D eigenvalue weighted by Crippen LogP contribution is -2.15. The lowest BCUT2D eigenvalue weighted by molar-refractivity contribution is -0.131. The summed E-state index contributed by atoms with van der Waals surface area (Å²) in [5, 5.41) is 9.72. The summed E-state index contributed by atoms with van der Waals surface area (Å²) < 4.78 is 27.4. The molecule has 0 aliphatic rings. The lowest BCUT2D eigenvalue weighted by Gasteiger charge is -2.12. The Kier molecular flexibility index (Phi) is 3.99. The van der Waals surface area contributed by atoms with Gasteiger partial charge in [-0.2, -0.15) is 0 Å². The van der Waals surface area contributed by atoms with E-state index in [1.165, 1.54) is 16.1 Å². The van der Waals surface area contributed by atoms with Gasteiger partial charge in [0, 0.05) is 11.5 Å². The van der Waals surface area contributed by atoms with Gasteiger partial charge in [0.05, 0.1) is 16.1 Å². The highest BCUT2D eigenvalue weighted by molar-refractivity contribution is 7.90. The normalized spacial score (nSPS) is 12.5. The molecule has 0 saturated carbocycles. The first-order chi connectivity index (χ1) is 11.4. The second-order valence-electron chi connectivity index (χ2n) is 5.34. The molecule has 0 atom stereocenters. The van der Waals surface area contributed by atoms with Gasteiger partial charge in [0.2, 0.25) is 0 Å². The molecule has 0 fully saturated rings. The molecule has 1 N–H and O–H groups in total. The maximum Gasteiger partial charge on any atom is 0.328 e. The summed E-state index contributed by atoms with van der Waals surface area (Å²) >= 11 is 0. The largest absolute Gasteiger partial charge is 0.478 e. The number of carboxylic acid groups (broad SMARTS) is 1. The van der Waals surface area contributed by atoms with Gasteiger partial charge in [0.15, 0.2) is 0 Å². The third kappa shape index (κ3) is 2.72. The molecule has 2 aromatic carbocycles. The summed E-state index contributed by atoms with van der Waals surface area (Å²) in [6.07, 6.45) is 1.01. The Morgan fingerprint density at radius 3 is 2.33 bits per heavy atom. The summed E-state index contributed by atoms with van der Waals surface area (Å²) in [5.74, 6) is -1.12. The number of allylic oxidation sites excluding steroid dienone is 1. The molecule has 0 aliphatic carbocycles. The molecule has 0 amide bonds. The van der Waals surface area contributed by atoms with E-state index in [9.17, 15) is 13.2 Å². The van der Waals surface area contributed by atoms with E-state index in [4.69, 9.17) is 5.11 Å². The molecule has 1 heterocycles. The Bertz CT molecular complexity index is 1050. The summed E-state index contributed by atoms with van der Waals surface area (Å²) in [7, 11) is -3.85. The zero-order chi connectivity index (χ0) is 17.3. The molecule has 5 nitrogen and oxygen atoms in total. The van der Waals surface area contributed by atoms with Crippen molar-refractivity contribution >= 4 is 32.5 Å². The number of hydrogen-bond acceptors (Lipinski definition) is 3. The second kappa shape index (κ2) is 5.98. The number of fused-ring (bicyclic) bond motifs is 1. The molecule has 0 saturated heterocycles. The lowest BCUT2D eigenvalue weighted by atomic mass is 10.2. The minimum Gasteiger partial charge on any atom is -0.478 e. The van der Waals surface area contributed by atoms with Crippen LogP contribution in [0.3, 0.4) is 0 Å². The van der Waals surface area contributed by atoms with Crippen molar-refractivity contribution in [2.75, 3.05) is 0 Å². The summed E-state index contributed by atoms with van der Waals surface area (Å²) in [4.78, 5) is 11.1. The fraction of sp³-hybridized carbons (Fsp3) is 0.0556. The van der Waals surface area contributed by atoms with E-state index in [0.29, 0.717) is 16.8 Å². The van der Waals surface area contributed by atoms with Gasteiger partial charge in [-0.1, -0.05) is 36.4 Å². The maximum atomic E-state index is 13.1. The van der Waals surface area contributed by atoms with Crippen molar-refractivity contribution in [2.24, 2.45) is 0 Å². The predicted molar refractivity (Wildman–Crippen MR) is 92.3 cm³/mol. The average Bonchev–Trinajstić information content (AvgIpc) is 2.95. The topological polar surface area (TPSA) is 76.4 Å². The molecule has 122 valence electrons. The molecule has 3 aromatic rings. The van der Waals surface area contributed by atoms with Crippen LogP contribution in [0.1, 0.15) is 12.6 Å². The number of rotatable bonds is 4. The molecule has 0 unspecified atom stereocenters. The van der Waals surface area contributed by atoms with Crippen molar-refractivity contribution in [3.63, 3.8) is 0 Å². The van der Waals surface area contributed by atoms with Gasteiger partial charge in [-0.05, 0) is 36.8 Å². The minimum atomic E-state index is -3.85. The van der Waals surface area contributed by atoms with Crippen molar-refractivity contribution in [3.8, 4) is 0 Å². The van der Waals surface area contributed by atoms with E-state index in [2.05, 4.69) is 0 Å². The maximum absolute atomic E-state index is 13.1. The average molecular weight is 341 g/mol. The monoisotopic (exact) mass is 341 g/mol. The zero-order valence-corrected chi connectivity index (χ0v) is 13.7. The summed E-state index contributed by atoms with van der Waals surface area (Å²) in [5.41, 5.74) is 1.20. The first kappa shape index (κ1) is 16.0. The first-order valence-corrected chi connectivity index (χ1v) is 8.68. The highest BCUT2D eigenvalue weighted by Gasteiger charge is 2.23. The third-order valence-electron chi connectivity index (χ3n) is 3.69. The fourth-order valence-corrected chi connectivity index (χ4v) is 4.21. The number of nitrogens with zero attached hydrogens (tertiary/aromatic N) is 1. The van der Waals surface area contributed by atoms with E-state index in [1.807, 2.05) is 6.07 Å². The van der Waals surface area contributed by atoms with Crippen LogP contribution in [0, 0.1) is 0 Å². The number of aliphatic carboxylic acids is 1. The van der Waals surface area contributed by atoms with Gasteiger partial charge in [0.1, 0.15) is 0 Å². The van der Waals surface area contributed by atoms with Gasteiger partial charge < -0.3 is 5.11 Å². The van der Waals surface area contributed by atoms with Crippen LogP contribution in [0.2, 0.25) is 0 Å². The molecule has 0 radical (unpaired) electrons. The number of aromatic nitrogens is 1. The molecular formula is C18H15NO4S. The quantitative estimate of drug-likeness (QED) is 0.738. The minimum absolute atomic E-state index is 0.149.